The molecule has 0 aromatic carbocycles. The second kappa shape index (κ2) is 19.5. The van der Waals surface area contributed by atoms with E-state index >= 15 is 0 Å². The van der Waals surface area contributed by atoms with Crippen molar-refractivity contribution < 1.29 is 72.1 Å². The summed E-state index contributed by atoms with van der Waals surface area (Å²) in [4.78, 5) is 100. The Kier molecular flexibility index (Phi) is 15.0. The maximum Gasteiger partial charge on any atom is 0.266 e. The standard InChI is InChI=1S/C38H60BN7O15S/c39-38(6-4-2-1-3-5-7-38)41-27(20-62(59,60)61)33(54)40-13-32(53)43-15-23(49)9-28(43)35(56)45-17-25(51)11-30(45)37(58)46-18-26(52)12-31(46)36(57)44-16-24(50)10-29(44)34(55)42-14-22(48)8-21(42)19-47/h19,21-31,41,48-52H,1-18,20,39H2,(H,40,54)(H,59,60,61). The summed E-state index contributed by atoms with van der Waals surface area (Å²) in [5.74, 6) is -5.71. The highest BCUT2D eigenvalue weighted by molar-refractivity contribution is 7.85. The maximum absolute atomic E-state index is 14.3. The van der Waals surface area contributed by atoms with E-state index in [1.165, 1.54) is 0 Å². The van der Waals surface area contributed by atoms with Crippen molar-refractivity contribution in [1.29, 1.82) is 0 Å². The van der Waals surface area contributed by atoms with Gasteiger partial charge in [0.15, 0.2) is 0 Å². The number of nitrogens with one attached hydrogen (secondary N) is 2. The Morgan fingerprint density at radius 2 is 0.984 bits per heavy atom. The molecule has 62 heavy (non-hydrogen) atoms. The molecule has 8 N–H and O–H groups in total. The van der Waals surface area contributed by atoms with Crippen molar-refractivity contribution in [1.82, 2.24) is 35.1 Å². The molecule has 0 aromatic rings. The first-order valence-corrected chi connectivity index (χ1v) is 23.2. The average Bonchev–Trinajstić information content (AvgIpc) is 4.04. The van der Waals surface area contributed by atoms with Gasteiger partial charge in [0.05, 0.1) is 48.9 Å². The zero-order chi connectivity index (χ0) is 45.3. The molecular weight excluding hydrogens is 837 g/mol. The fraction of sp³-hybridized carbons (Fsp3) is 0.816. The predicted octanol–water partition coefficient (Wildman–Crippen LogP) is -5.97. The molecule has 6 amide bonds. The molecule has 24 heteroatoms. The molecule has 11 unspecified atom stereocenters. The van der Waals surface area contributed by atoms with Crippen molar-refractivity contribution in [3.8, 4) is 0 Å². The largest absolute Gasteiger partial charge is 0.391 e. The first-order chi connectivity index (χ1) is 29.2. The first-order valence-electron chi connectivity index (χ1n) is 21.6. The Morgan fingerprint density at radius 1 is 0.613 bits per heavy atom. The predicted molar refractivity (Wildman–Crippen MR) is 217 cm³/mol. The number of carbonyl (C=O) groups is 7. The van der Waals surface area contributed by atoms with Gasteiger partial charge in [0, 0.05) is 64.8 Å². The molecule has 11 atom stereocenters. The van der Waals surface area contributed by atoms with Crippen LogP contribution in [0.2, 0.25) is 0 Å². The number of nitrogens with zero attached hydrogens (tertiary/aromatic N) is 5. The lowest BCUT2D eigenvalue weighted by Gasteiger charge is -2.36. The second-order valence-electron chi connectivity index (χ2n) is 18.2. The van der Waals surface area contributed by atoms with Crippen LogP contribution in [-0.4, -0.2) is 230 Å². The number of rotatable bonds is 12. The van der Waals surface area contributed by atoms with Gasteiger partial charge in [-0.3, -0.25) is 33.3 Å². The van der Waals surface area contributed by atoms with Crippen LogP contribution in [0, 0.1) is 0 Å². The van der Waals surface area contributed by atoms with Crippen LogP contribution in [0.3, 0.4) is 0 Å². The number of β-amino-alcohol motifs (C(OH)–C–C–N with tert-alkyl or cyclic N) is 5. The SMILES string of the molecule is BC1(NC(CS(=O)(=O)O)C(=O)NCC(=O)N2CC(O)CC2C(=O)N2CC(O)CC2C(=O)N2CC(O)CC2C(=O)N2CC(O)CC2C(=O)N2CC(O)CC2C=O)CCCCCCC1. The lowest BCUT2D eigenvalue weighted by Crippen LogP contribution is -2.59. The Hall–Kier alpha value is -3.78. The molecule has 1 aliphatic carbocycles. The number of carbonyl (C=O) groups excluding carboxylic acids is 7. The van der Waals surface area contributed by atoms with Crippen LogP contribution in [-0.2, 0) is 43.7 Å². The van der Waals surface area contributed by atoms with Gasteiger partial charge in [-0.2, -0.15) is 8.42 Å². The van der Waals surface area contributed by atoms with E-state index in [1.807, 2.05) is 7.85 Å². The van der Waals surface area contributed by atoms with Gasteiger partial charge < -0.3 is 65.5 Å². The number of aliphatic hydroxyl groups is 5. The lowest BCUT2D eigenvalue weighted by atomic mass is 9.69. The number of hydrogen-bond donors (Lipinski definition) is 8. The van der Waals surface area contributed by atoms with E-state index in [4.69, 9.17) is 0 Å². The van der Waals surface area contributed by atoms with Crippen molar-refractivity contribution in [2.45, 2.75) is 149 Å². The molecule has 5 heterocycles. The van der Waals surface area contributed by atoms with Gasteiger partial charge in [0.1, 0.15) is 44.3 Å². The molecule has 346 valence electrons. The van der Waals surface area contributed by atoms with E-state index in [0.717, 1.165) is 56.6 Å². The van der Waals surface area contributed by atoms with Gasteiger partial charge >= 0.3 is 0 Å². The molecule has 22 nitrogen and oxygen atoms in total. The molecule has 6 fully saturated rings. The van der Waals surface area contributed by atoms with E-state index < -0.39 is 130 Å². The van der Waals surface area contributed by atoms with Gasteiger partial charge in [-0.15, -0.1) is 0 Å². The fourth-order valence-electron chi connectivity index (χ4n) is 10.2. The van der Waals surface area contributed by atoms with E-state index in [0.29, 0.717) is 19.1 Å². The first kappa shape index (κ1) is 47.7. The number of aldehydes is 1. The summed E-state index contributed by atoms with van der Waals surface area (Å²) in [5, 5.41) is 58.3. The third-order valence-electron chi connectivity index (χ3n) is 13.3. The van der Waals surface area contributed by atoms with Gasteiger partial charge in [0.2, 0.25) is 35.4 Å². The van der Waals surface area contributed by atoms with Crippen LogP contribution >= 0.6 is 0 Å². The minimum Gasteiger partial charge on any atom is -0.391 e. The molecule has 0 radical (unpaired) electrons. The summed E-state index contributed by atoms with van der Waals surface area (Å²) in [6, 6.07) is -7.66. The Labute approximate surface area is 360 Å². The minimum atomic E-state index is -4.64. The highest BCUT2D eigenvalue weighted by Crippen LogP contribution is 2.32. The minimum absolute atomic E-state index is 0.0116. The summed E-state index contributed by atoms with van der Waals surface area (Å²) >= 11 is 0. The van der Waals surface area contributed by atoms with E-state index in [9.17, 15) is 72.1 Å². The molecule has 1 saturated carbocycles. The zero-order valence-corrected chi connectivity index (χ0v) is 35.7. The number of hydrogen-bond acceptors (Lipinski definition) is 15. The van der Waals surface area contributed by atoms with Gasteiger partial charge in [0.25, 0.3) is 10.1 Å². The van der Waals surface area contributed by atoms with E-state index in [2.05, 4.69) is 10.6 Å². The van der Waals surface area contributed by atoms with Crippen molar-refractivity contribution in [2.75, 3.05) is 45.0 Å². The summed E-state index contributed by atoms with van der Waals surface area (Å²) in [5.41, 5.74) is -0.624. The molecule has 6 rings (SSSR count). The normalized spacial score (nSPS) is 33.3. The molecule has 0 spiro atoms. The zero-order valence-electron chi connectivity index (χ0n) is 34.9. The molecule has 0 aromatic heterocycles. The monoisotopic (exact) mass is 897 g/mol. The van der Waals surface area contributed by atoms with Gasteiger partial charge in [-0.05, 0) is 18.3 Å². The molecule has 6 aliphatic rings. The number of amides is 6. The lowest BCUT2D eigenvalue weighted by molar-refractivity contribution is -0.153. The highest BCUT2D eigenvalue weighted by Gasteiger charge is 2.53. The van der Waals surface area contributed by atoms with Gasteiger partial charge in [-0.1, -0.05) is 32.1 Å². The van der Waals surface area contributed by atoms with E-state index in [-0.39, 0.29) is 64.8 Å². The Balaban J connectivity index is 1.13. The van der Waals surface area contributed by atoms with Crippen molar-refractivity contribution in [3.05, 3.63) is 0 Å². The smallest absolute Gasteiger partial charge is 0.266 e. The summed E-state index contributed by atoms with van der Waals surface area (Å²) in [7, 11) is -2.77. The van der Waals surface area contributed by atoms with Crippen molar-refractivity contribution >= 4 is 59.7 Å². The number of likely N-dealkylation sites (tertiary alicyclic amines) is 5. The van der Waals surface area contributed by atoms with E-state index in [1.54, 1.807) is 0 Å². The fourth-order valence-corrected chi connectivity index (χ4v) is 10.9. The average molecular weight is 898 g/mol. The third kappa shape index (κ3) is 10.9. The summed E-state index contributed by atoms with van der Waals surface area (Å²) in [6.07, 6.45) is -0.0934. The molecule has 0 bridgehead atoms. The van der Waals surface area contributed by atoms with Crippen molar-refractivity contribution in [2.24, 2.45) is 0 Å². The highest BCUT2D eigenvalue weighted by atomic mass is 32.2. The van der Waals surface area contributed by atoms with Crippen LogP contribution in [0.1, 0.15) is 77.0 Å². The van der Waals surface area contributed by atoms with Gasteiger partial charge in [-0.25, -0.2) is 0 Å². The molecular formula is C38H60BN7O15S. The summed E-state index contributed by atoms with van der Waals surface area (Å²) < 4.78 is 33.6. The second-order valence-corrected chi connectivity index (χ2v) is 19.7. The van der Waals surface area contributed by atoms with Crippen LogP contribution in [0.4, 0.5) is 0 Å². The quantitative estimate of drug-likeness (QED) is 0.0514. The Bertz CT molecular complexity index is 1840. The maximum atomic E-state index is 14.3. The topological polar surface area (TPSA) is 315 Å². The van der Waals surface area contributed by atoms with Crippen molar-refractivity contribution in [3.63, 3.8) is 0 Å². The summed E-state index contributed by atoms with van der Waals surface area (Å²) in [6.45, 7) is -2.18. The van der Waals surface area contributed by atoms with Crippen LogP contribution in [0.5, 0.6) is 0 Å². The van der Waals surface area contributed by atoms with Crippen LogP contribution < -0.4 is 10.6 Å². The van der Waals surface area contributed by atoms with Crippen LogP contribution in [0.25, 0.3) is 0 Å². The molecule has 5 saturated heterocycles. The number of aliphatic hydroxyl groups excluding tert-OH is 5. The van der Waals surface area contributed by atoms with Crippen LogP contribution in [0.15, 0.2) is 0 Å². The third-order valence-corrected chi connectivity index (χ3v) is 14.0. The molecule has 5 aliphatic heterocycles. The Morgan fingerprint density at radius 3 is 1.42 bits per heavy atom.